The minimum atomic E-state index is -0.918. The van der Waals surface area contributed by atoms with Gasteiger partial charge < -0.3 is 10.1 Å². The second kappa shape index (κ2) is 8.81. The first kappa shape index (κ1) is 23.0. The zero-order chi connectivity index (χ0) is 24.9. The zero-order valence-corrected chi connectivity index (χ0v) is 19.5. The molecule has 10 heteroatoms. The normalized spacial score (nSPS) is 25.0. The number of carbonyl (C=O) groups is 3. The number of benzene rings is 2. The van der Waals surface area contributed by atoms with Gasteiger partial charge in [-0.25, -0.2) is 0 Å². The molecule has 1 heterocycles. The number of nitrogens with zero attached hydrogens (tertiary/aromatic N) is 2. The number of hydrogen-bond donors (Lipinski definition) is 1. The van der Waals surface area contributed by atoms with Gasteiger partial charge in [0.1, 0.15) is 5.75 Å². The number of amides is 3. The number of methoxy groups -OCH3 is 1. The monoisotopic (exact) mass is 495 g/mol. The molecule has 0 radical (unpaired) electrons. The quantitative estimate of drug-likeness (QED) is 0.267. The molecule has 3 amide bonds. The molecule has 180 valence electrons. The van der Waals surface area contributed by atoms with E-state index >= 15 is 0 Å². The maximum Gasteiger partial charge on any atom is 0.271 e. The molecule has 1 saturated heterocycles. The van der Waals surface area contributed by atoms with Crippen LogP contribution in [0.3, 0.4) is 0 Å². The van der Waals surface area contributed by atoms with Crippen molar-refractivity contribution in [1.82, 2.24) is 4.90 Å². The highest BCUT2D eigenvalue weighted by Gasteiger charge is 2.60. The minimum Gasteiger partial charge on any atom is -0.495 e. The molecule has 3 aliphatic rings. The number of imide groups is 1. The lowest BCUT2D eigenvalue weighted by Gasteiger charge is -2.28. The number of hydrogen-bond acceptors (Lipinski definition) is 6. The van der Waals surface area contributed by atoms with Crippen molar-refractivity contribution in [2.24, 2.45) is 23.7 Å². The van der Waals surface area contributed by atoms with Gasteiger partial charge in [0.05, 0.1) is 42.0 Å². The fourth-order valence-corrected chi connectivity index (χ4v) is 5.86. The Bertz CT molecular complexity index is 1250. The van der Waals surface area contributed by atoms with Crippen molar-refractivity contribution < 1.29 is 24.0 Å². The first-order chi connectivity index (χ1) is 16.8. The first-order valence-corrected chi connectivity index (χ1v) is 11.6. The second-order valence-electron chi connectivity index (χ2n) is 8.98. The molecule has 9 nitrogen and oxygen atoms in total. The Balaban J connectivity index is 1.46. The molecular weight excluding hydrogens is 474 g/mol. The molecule has 1 N–H and O–H groups in total. The number of anilines is 1. The minimum absolute atomic E-state index is 0.0290. The Morgan fingerprint density at radius 3 is 2.43 bits per heavy atom. The van der Waals surface area contributed by atoms with E-state index < -0.39 is 28.7 Å². The van der Waals surface area contributed by atoms with E-state index in [1.807, 2.05) is 12.2 Å². The van der Waals surface area contributed by atoms with Crippen molar-refractivity contribution in [1.29, 1.82) is 0 Å². The summed E-state index contributed by atoms with van der Waals surface area (Å²) >= 11 is 6.44. The molecule has 1 aliphatic heterocycles. The van der Waals surface area contributed by atoms with Crippen LogP contribution in [0.1, 0.15) is 24.4 Å². The summed E-state index contributed by atoms with van der Waals surface area (Å²) in [6.45, 7) is 0. The van der Waals surface area contributed by atoms with Crippen molar-refractivity contribution in [2.75, 3.05) is 12.4 Å². The summed E-state index contributed by atoms with van der Waals surface area (Å²) in [5, 5.41) is 14.2. The maximum absolute atomic E-state index is 13.5. The van der Waals surface area contributed by atoms with Crippen LogP contribution in [0, 0.1) is 33.8 Å². The number of allylic oxidation sites excluding steroid dienone is 2. The fraction of sp³-hybridized carbons (Fsp3) is 0.320. The Morgan fingerprint density at radius 2 is 1.83 bits per heavy atom. The Kier molecular flexibility index (Phi) is 5.80. The van der Waals surface area contributed by atoms with Crippen LogP contribution in [0.5, 0.6) is 5.75 Å². The highest BCUT2D eigenvalue weighted by atomic mass is 35.5. The van der Waals surface area contributed by atoms with Crippen LogP contribution in [0.15, 0.2) is 54.6 Å². The van der Waals surface area contributed by atoms with Crippen LogP contribution in [-0.4, -0.2) is 34.7 Å². The number of carbonyl (C=O) groups excluding carboxylic acids is 3. The molecule has 2 aliphatic carbocycles. The molecule has 0 spiro atoms. The van der Waals surface area contributed by atoms with Gasteiger partial charge in [0.2, 0.25) is 17.7 Å². The van der Waals surface area contributed by atoms with E-state index in [9.17, 15) is 24.5 Å². The number of halogens is 1. The van der Waals surface area contributed by atoms with Gasteiger partial charge in [-0.05, 0) is 36.0 Å². The molecule has 5 rings (SSSR count). The summed E-state index contributed by atoms with van der Waals surface area (Å²) in [6.07, 6.45) is 4.54. The van der Waals surface area contributed by atoms with Crippen LogP contribution in [0.25, 0.3) is 0 Å². The van der Waals surface area contributed by atoms with Crippen molar-refractivity contribution >= 4 is 40.7 Å². The van der Waals surface area contributed by atoms with Gasteiger partial charge in [-0.2, -0.15) is 0 Å². The second-order valence-corrected chi connectivity index (χ2v) is 9.38. The van der Waals surface area contributed by atoms with Crippen molar-refractivity contribution in [3.63, 3.8) is 0 Å². The van der Waals surface area contributed by atoms with E-state index in [1.54, 1.807) is 24.3 Å². The average Bonchev–Trinajstić information content (AvgIpc) is 3.52. The highest BCUT2D eigenvalue weighted by molar-refractivity contribution is 6.31. The third-order valence-electron chi connectivity index (χ3n) is 7.13. The van der Waals surface area contributed by atoms with Gasteiger partial charge in [0.25, 0.3) is 5.69 Å². The molecule has 35 heavy (non-hydrogen) atoms. The summed E-state index contributed by atoms with van der Waals surface area (Å²) in [5.41, 5.74) is 0.379. The van der Waals surface area contributed by atoms with E-state index in [0.29, 0.717) is 10.6 Å². The van der Waals surface area contributed by atoms with E-state index in [0.717, 1.165) is 6.42 Å². The summed E-state index contributed by atoms with van der Waals surface area (Å²) in [4.78, 5) is 51.9. The molecule has 5 atom stereocenters. The molecule has 2 fully saturated rings. The van der Waals surface area contributed by atoms with Crippen LogP contribution < -0.4 is 10.1 Å². The molecule has 2 aromatic carbocycles. The number of fused-ring (bicyclic) bond motifs is 5. The molecule has 2 aromatic rings. The number of ether oxygens (including phenoxy) is 1. The number of nitro groups is 1. The molecule has 0 aromatic heterocycles. The highest BCUT2D eigenvalue weighted by Crippen LogP contribution is 2.54. The smallest absolute Gasteiger partial charge is 0.271 e. The van der Waals surface area contributed by atoms with Crippen LogP contribution in [-0.2, 0) is 14.4 Å². The number of non-ortho nitro benzene ring substituents is 1. The standard InChI is InChI=1S/C25H22ClN3O6/c1-35-20-9-8-15(29(33)34)11-18(20)27-21(30)12-19(16-4-2-3-5-17(16)26)28-24(31)22-13-6-7-14(10-13)23(22)25(28)32/h2-9,11,13-14,19,22-23H,10,12H2,1H3,(H,27,30). The van der Waals surface area contributed by atoms with Crippen LogP contribution in [0.4, 0.5) is 11.4 Å². The van der Waals surface area contributed by atoms with Gasteiger partial charge in [0.15, 0.2) is 0 Å². The fourth-order valence-electron chi connectivity index (χ4n) is 5.60. The lowest BCUT2D eigenvalue weighted by atomic mass is 9.85. The van der Waals surface area contributed by atoms with Gasteiger partial charge in [-0.15, -0.1) is 0 Å². The molecule has 1 saturated carbocycles. The van der Waals surface area contributed by atoms with Crippen molar-refractivity contribution in [3.8, 4) is 5.75 Å². The van der Waals surface area contributed by atoms with Gasteiger partial charge >= 0.3 is 0 Å². The SMILES string of the molecule is COc1ccc([N+](=O)[O-])cc1NC(=O)CC(c1ccccc1Cl)N1C(=O)C2C3C=CC(C3)C2C1=O. The predicted octanol–water partition coefficient (Wildman–Crippen LogP) is 4.13. The van der Waals surface area contributed by atoms with Crippen LogP contribution in [0.2, 0.25) is 5.02 Å². The van der Waals surface area contributed by atoms with Crippen molar-refractivity contribution in [2.45, 2.75) is 18.9 Å². The number of rotatable bonds is 7. The van der Waals surface area contributed by atoms with E-state index in [4.69, 9.17) is 16.3 Å². The lowest BCUT2D eigenvalue weighted by molar-refractivity contribution is -0.384. The third-order valence-corrected chi connectivity index (χ3v) is 7.47. The number of nitrogens with one attached hydrogen (secondary N) is 1. The summed E-state index contributed by atoms with van der Waals surface area (Å²) in [5.74, 6) is -1.66. The maximum atomic E-state index is 13.5. The summed E-state index contributed by atoms with van der Waals surface area (Å²) in [6, 6.07) is 9.72. The lowest BCUT2D eigenvalue weighted by Crippen LogP contribution is -2.38. The van der Waals surface area contributed by atoms with Gasteiger partial charge in [0, 0.05) is 17.2 Å². The van der Waals surface area contributed by atoms with Crippen molar-refractivity contribution in [3.05, 3.63) is 75.3 Å². The van der Waals surface area contributed by atoms with E-state index in [1.165, 1.54) is 30.2 Å². The predicted molar refractivity (Wildman–Crippen MR) is 127 cm³/mol. The Labute approximate surface area is 205 Å². The van der Waals surface area contributed by atoms with Crippen LogP contribution >= 0.6 is 11.6 Å². The third kappa shape index (κ3) is 3.85. The molecule has 5 unspecified atom stereocenters. The number of likely N-dealkylation sites (tertiary alicyclic amines) is 1. The molecule has 2 bridgehead atoms. The Morgan fingerprint density at radius 1 is 1.17 bits per heavy atom. The van der Waals surface area contributed by atoms with Gasteiger partial charge in [-0.3, -0.25) is 29.4 Å². The van der Waals surface area contributed by atoms with E-state index in [2.05, 4.69) is 5.32 Å². The average molecular weight is 496 g/mol. The summed E-state index contributed by atoms with van der Waals surface area (Å²) in [7, 11) is 1.38. The van der Waals surface area contributed by atoms with E-state index in [-0.39, 0.29) is 47.2 Å². The Hall–Kier alpha value is -3.72. The summed E-state index contributed by atoms with van der Waals surface area (Å²) < 4.78 is 5.22. The molecular formula is C25H22ClN3O6. The zero-order valence-electron chi connectivity index (χ0n) is 18.7. The largest absolute Gasteiger partial charge is 0.495 e. The number of nitro benzene ring substituents is 1. The van der Waals surface area contributed by atoms with Gasteiger partial charge in [-0.1, -0.05) is 42.0 Å². The topological polar surface area (TPSA) is 119 Å². The first-order valence-electron chi connectivity index (χ1n) is 11.2.